The highest BCUT2D eigenvalue weighted by Gasteiger charge is 2.26. The van der Waals surface area contributed by atoms with Crippen LogP contribution in [0.2, 0.25) is 0 Å². The molecular weight excluding hydrogens is 269 g/mol. The smallest absolute Gasteiger partial charge is 0.231 e. The summed E-state index contributed by atoms with van der Waals surface area (Å²) in [4.78, 5) is 0. The lowest BCUT2D eigenvalue weighted by Gasteiger charge is -2.13. The summed E-state index contributed by atoms with van der Waals surface area (Å²) in [5, 5.41) is 8.90. The largest absolute Gasteiger partial charge is 0.453 e. The molecule has 4 nitrogen and oxygen atoms in total. The summed E-state index contributed by atoms with van der Waals surface area (Å²) in [6.07, 6.45) is 0. The van der Waals surface area contributed by atoms with E-state index in [4.69, 9.17) is 20.3 Å². The first-order chi connectivity index (χ1) is 7.15. The summed E-state index contributed by atoms with van der Waals surface area (Å²) in [5.74, 6) is -0.191. The molecule has 1 aromatic carbocycles. The summed E-state index contributed by atoms with van der Waals surface area (Å²) in [5.41, 5.74) is 5.77. The highest BCUT2D eigenvalue weighted by atomic mass is 79.9. The van der Waals surface area contributed by atoms with Crippen molar-refractivity contribution in [3.63, 3.8) is 0 Å². The van der Waals surface area contributed by atoms with Crippen LogP contribution >= 0.6 is 15.9 Å². The lowest BCUT2D eigenvalue weighted by atomic mass is 10.1. The van der Waals surface area contributed by atoms with Crippen molar-refractivity contribution in [2.24, 2.45) is 5.73 Å². The van der Waals surface area contributed by atoms with Crippen molar-refractivity contribution >= 4 is 15.9 Å². The van der Waals surface area contributed by atoms with Crippen molar-refractivity contribution in [3.05, 3.63) is 21.9 Å². The maximum Gasteiger partial charge on any atom is 0.231 e. The van der Waals surface area contributed by atoms with Crippen LogP contribution in [0.25, 0.3) is 0 Å². The number of ether oxygens (including phenoxy) is 2. The van der Waals surface area contributed by atoms with E-state index in [0.29, 0.717) is 10.2 Å². The summed E-state index contributed by atoms with van der Waals surface area (Å²) >= 11 is 3.18. The molecule has 0 amide bonds. The highest BCUT2D eigenvalue weighted by Crippen LogP contribution is 2.41. The van der Waals surface area contributed by atoms with E-state index in [-0.39, 0.29) is 24.7 Å². The average Bonchev–Trinajstić information content (AvgIpc) is 2.65. The molecule has 0 saturated carbocycles. The predicted octanol–water partition coefficient (Wildman–Crippen LogP) is 1.31. The third kappa shape index (κ3) is 1.68. The van der Waals surface area contributed by atoms with Gasteiger partial charge in [0.25, 0.3) is 0 Å². The number of nitrogens with two attached hydrogens (primary N) is 1. The Labute approximate surface area is 93.9 Å². The van der Waals surface area contributed by atoms with Crippen LogP contribution in [-0.2, 0) is 0 Å². The molecule has 0 aliphatic carbocycles. The highest BCUT2D eigenvalue weighted by molar-refractivity contribution is 9.10. The van der Waals surface area contributed by atoms with Gasteiger partial charge in [-0.2, -0.15) is 0 Å². The lowest BCUT2D eigenvalue weighted by molar-refractivity contribution is 0.170. The Morgan fingerprint density at radius 3 is 3.00 bits per heavy atom. The van der Waals surface area contributed by atoms with Gasteiger partial charge in [-0.25, -0.2) is 4.39 Å². The van der Waals surface area contributed by atoms with Crippen LogP contribution in [-0.4, -0.2) is 18.5 Å². The van der Waals surface area contributed by atoms with Gasteiger partial charge in [0.1, 0.15) is 0 Å². The molecule has 2 rings (SSSR count). The Morgan fingerprint density at radius 2 is 2.33 bits per heavy atom. The topological polar surface area (TPSA) is 64.7 Å². The first kappa shape index (κ1) is 10.7. The fourth-order valence-corrected chi connectivity index (χ4v) is 2.09. The summed E-state index contributed by atoms with van der Waals surface area (Å²) in [6, 6.07) is 0.796. The van der Waals surface area contributed by atoms with E-state index < -0.39 is 11.9 Å². The average molecular weight is 278 g/mol. The number of hydrogen-bond acceptors (Lipinski definition) is 4. The molecule has 3 N–H and O–H groups in total. The molecule has 0 aromatic heterocycles. The Morgan fingerprint density at radius 1 is 1.60 bits per heavy atom. The van der Waals surface area contributed by atoms with E-state index in [0.717, 1.165) is 0 Å². The molecule has 1 unspecified atom stereocenters. The normalized spacial score (nSPS) is 15.5. The molecule has 0 saturated heterocycles. The number of aliphatic hydroxyl groups excluding tert-OH is 1. The molecule has 15 heavy (non-hydrogen) atoms. The fraction of sp³-hybridized carbons (Fsp3) is 0.333. The van der Waals surface area contributed by atoms with Crippen molar-refractivity contribution in [2.75, 3.05) is 13.4 Å². The molecule has 6 heteroatoms. The van der Waals surface area contributed by atoms with Crippen molar-refractivity contribution in [3.8, 4) is 11.5 Å². The maximum absolute atomic E-state index is 13.8. The molecule has 82 valence electrons. The summed E-state index contributed by atoms with van der Waals surface area (Å²) < 4.78 is 24.3. The third-order valence-electron chi connectivity index (χ3n) is 2.16. The van der Waals surface area contributed by atoms with Gasteiger partial charge in [-0.1, -0.05) is 15.9 Å². The second-order valence-electron chi connectivity index (χ2n) is 3.11. The van der Waals surface area contributed by atoms with Gasteiger partial charge >= 0.3 is 0 Å². The summed E-state index contributed by atoms with van der Waals surface area (Å²) in [6.45, 7) is -0.342. The Bertz CT molecular complexity index is 399. The van der Waals surface area contributed by atoms with E-state index in [1.807, 2.05) is 0 Å². The van der Waals surface area contributed by atoms with Crippen LogP contribution in [0.3, 0.4) is 0 Å². The van der Waals surface area contributed by atoms with E-state index in [1.54, 1.807) is 6.07 Å². The monoisotopic (exact) mass is 277 g/mol. The minimum Gasteiger partial charge on any atom is -0.453 e. The molecule has 0 spiro atoms. The molecule has 1 atom stereocenters. The second kappa shape index (κ2) is 3.96. The SMILES string of the molecule is NC(CO)c1c(Br)cc2c(c1F)OCO2. The van der Waals surface area contributed by atoms with Crippen LogP contribution in [0.4, 0.5) is 4.39 Å². The standard InChI is InChI=1S/C9H9BrFNO3/c10-4-1-6-9(15-3-14-6)8(11)7(4)5(12)2-13/h1,5,13H,2-3,12H2. The van der Waals surface area contributed by atoms with E-state index in [2.05, 4.69) is 15.9 Å². The number of rotatable bonds is 2. The quantitative estimate of drug-likeness (QED) is 0.856. The fourth-order valence-electron chi connectivity index (χ4n) is 1.42. The molecule has 0 radical (unpaired) electrons. The van der Waals surface area contributed by atoms with Crippen molar-refractivity contribution in [2.45, 2.75) is 6.04 Å². The van der Waals surface area contributed by atoms with Crippen LogP contribution in [0, 0.1) is 5.82 Å². The molecular formula is C9H9BrFNO3. The Kier molecular flexibility index (Phi) is 2.81. The van der Waals surface area contributed by atoms with Crippen LogP contribution in [0.5, 0.6) is 11.5 Å². The number of hydrogen-bond donors (Lipinski definition) is 2. The van der Waals surface area contributed by atoms with Gasteiger partial charge in [0.2, 0.25) is 12.5 Å². The zero-order valence-corrected chi connectivity index (χ0v) is 9.25. The lowest BCUT2D eigenvalue weighted by Crippen LogP contribution is -2.17. The summed E-state index contributed by atoms with van der Waals surface area (Å²) in [7, 11) is 0. The minimum atomic E-state index is -0.783. The number of fused-ring (bicyclic) bond motifs is 1. The Hall–Kier alpha value is -0.850. The molecule has 0 bridgehead atoms. The van der Waals surface area contributed by atoms with Gasteiger partial charge in [0.05, 0.1) is 12.6 Å². The first-order valence-electron chi connectivity index (χ1n) is 4.29. The van der Waals surface area contributed by atoms with E-state index in [9.17, 15) is 4.39 Å². The van der Waals surface area contributed by atoms with Crippen LogP contribution in [0.15, 0.2) is 10.5 Å². The van der Waals surface area contributed by atoms with Crippen molar-refractivity contribution in [1.82, 2.24) is 0 Å². The maximum atomic E-state index is 13.8. The molecule has 1 aromatic rings. The molecule has 1 aliphatic heterocycles. The number of halogens is 2. The van der Waals surface area contributed by atoms with Crippen LogP contribution in [0.1, 0.15) is 11.6 Å². The molecule has 0 fully saturated rings. The van der Waals surface area contributed by atoms with Gasteiger partial charge in [-0.3, -0.25) is 0 Å². The van der Waals surface area contributed by atoms with E-state index >= 15 is 0 Å². The third-order valence-corrected chi connectivity index (χ3v) is 2.82. The van der Waals surface area contributed by atoms with E-state index in [1.165, 1.54) is 0 Å². The minimum absolute atomic E-state index is 0.00346. The number of aliphatic hydroxyl groups is 1. The zero-order chi connectivity index (χ0) is 11.0. The van der Waals surface area contributed by atoms with Crippen molar-refractivity contribution < 1.29 is 19.0 Å². The second-order valence-corrected chi connectivity index (χ2v) is 3.96. The van der Waals surface area contributed by atoms with Gasteiger partial charge < -0.3 is 20.3 Å². The zero-order valence-electron chi connectivity index (χ0n) is 7.67. The van der Waals surface area contributed by atoms with Gasteiger partial charge in [0.15, 0.2) is 11.6 Å². The number of benzene rings is 1. The first-order valence-corrected chi connectivity index (χ1v) is 5.08. The van der Waals surface area contributed by atoms with Crippen LogP contribution < -0.4 is 15.2 Å². The van der Waals surface area contributed by atoms with Gasteiger partial charge in [0, 0.05) is 10.0 Å². The van der Waals surface area contributed by atoms with Crippen molar-refractivity contribution in [1.29, 1.82) is 0 Å². The van der Waals surface area contributed by atoms with Gasteiger partial charge in [-0.15, -0.1) is 0 Å². The Balaban J connectivity index is 2.56. The predicted molar refractivity (Wildman–Crippen MR) is 54.2 cm³/mol. The molecule has 1 aliphatic rings. The molecule has 1 heterocycles. The van der Waals surface area contributed by atoms with Gasteiger partial charge in [-0.05, 0) is 6.07 Å².